The van der Waals surface area contributed by atoms with E-state index >= 15 is 0 Å². The van der Waals surface area contributed by atoms with Crippen LogP contribution in [0, 0.1) is 0 Å². The summed E-state index contributed by atoms with van der Waals surface area (Å²) in [5, 5.41) is 5.23. The molecule has 0 saturated heterocycles. The molecule has 1 aliphatic heterocycles. The molecule has 3 rings (SSSR count). The fourth-order valence-corrected chi connectivity index (χ4v) is 3.21. The van der Waals surface area contributed by atoms with Crippen LogP contribution in [-0.2, 0) is 9.53 Å². The highest BCUT2D eigenvalue weighted by atomic mass is 16.5. The van der Waals surface area contributed by atoms with E-state index in [2.05, 4.69) is 36.2 Å². The van der Waals surface area contributed by atoms with Crippen molar-refractivity contribution >= 4 is 16.7 Å². The van der Waals surface area contributed by atoms with Crippen molar-refractivity contribution in [2.75, 3.05) is 7.11 Å². The molecule has 1 N–H and O–H groups in total. The third-order valence-corrected chi connectivity index (χ3v) is 4.21. The second kappa shape index (κ2) is 5.68. The first-order valence-electron chi connectivity index (χ1n) is 7.33. The van der Waals surface area contributed by atoms with Gasteiger partial charge >= 0.3 is 0 Å². The van der Waals surface area contributed by atoms with Crippen LogP contribution >= 0.6 is 0 Å². The Morgan fingerprint density at radius 2 is 1.95 bits per heavy atom. The molecule has 2 aromatic carbocycles. The molecule has 0 aliphatic carbocycles. The Balaban J connectivity index is 2.21. The van der Waals surface area contributed by atoms with E-state index in [1.807, 2.05) is 25.1 Å². The van der Waals surface area contributed by atoms with Crippen molar-refractivity contribution in [1.29, 1.82) is 0 Å². The van der Waals surface area contributed by atoms with Crippen LogP contribution in [0.2, 0.25) is 0 Å². The first-order valence-corrected chi connectivity index (χ1v) is 7.33. The van der Waals surface area contributed by atoms with Gasteiger partial charge in [-0.15, -0.1) is 0 Å². The highest BCUT2D eigenvalue weighted by molar-refractivity contribution is 5.89. The van der Waals surface area contributed by atoms with Crippen molar-refractivity contribution in [1.82, 2.24) is 5.32 Å². The zero-order valence-electron chi connectivity index (χ0n) is 12.8. The number of carbonyl (C=O) groups excluding carboxylic acids is 1. The van der Waals surface area contributed by atoms with Gasteiger partial charge in [-0.1, -0.05) is 49.0 Å². The molecule has 3 nitrogen and oxygen atoms in total. The fourth-order valence-electron chi connectivity index (χ4n) is 3.21. The monoisotopic (exact) mass is 293 g/mol. The third-order valence-electron chi connectivity index (χ3n) is 4.21. The maximum atomic E-state index is 12.0. The zero-order valence-corrected chi connectivity index (χ0v) is 12.8. The van der Waals surface area contributed by atoms with Crippen LogP contribution in [0.4, 0.5) is 0 Å². The Bertz CT molecular complexity index is 784. The van der Waals surface area contributed by atoms with E-state index in [0.29, 0.717) is 12.2 Å². The Hall–Kier alpha value is -2.55. The average molecular weight is 293 g/mol. The number of nitrogens with one attached hydrogen (secondary N) is 1. The Kier molecular flexibility index (Phi) is 3.72. The van der Waals surface area contributed by atoms with E-state index in [4.69, 9.17) is 4.74 Å². The minimum atomic E-state index is -0.0349. The number of fused-ring (bicyclic) bond motifs is 1. The van der Waals surface area contributed by atoms with E-state index in [0.717, 1.165) is 16.8 Å². The van der Waals surface area contributed by atoms with Gasteiger partial charge in [0.2, 0.25) is 5.91 Å². The van der Waals surface area contributed by atoms with Gasteiger partial charge < -0.3 is 10.1 Å². The van der Waals surface area contributed by atoms with E-state index in [-0.39, 0.29) is 11.8 Å². The van der Waals surface area contributed by atoms with Gasteiger partial charge in [0, 0.05) is 23.6 Å². The molecule has 22 heavy (non-hydrogen) atoms. The van der Waals surface area contributed by atoms with Crippen LogP contribution in [0.1, 0.15) is 24.8 Å². The van der Waals surface area contributed by atoms with Gasteiger partial charge in [-0.2, -0.15) is 0 Å². The van der Waals surface area contributed by atoms with Crippen molar-refractivity contribution in [3.05, 3.63) is 71.6 Å². The number of hydrogen-bond donors (Lipinski definition) is 1. The normalized spacial score (nSPS) is 18.3. The molecule has 112 valence electrons. The second-order valence-electron chi connectivity index (χ2n) is 5.54. The van der Waals surface area contributed by atoms with Gasteiger partial charge in [-0.05, 0) is 23.3 Å². The van der Waals surface area contributed by atoms with Crippen LogP contribution < -0.4 is 5.32 Å². The van der Waals surface area contributed by atoms with Gasteiger partial charge in [0.05, 0.1) is 7.11 Å². The lowest BCUT2D eigenvalue weighted by Crippen LogP contribution is -2.31. The van der Waals surface area contributed by atoms with Crippen LogP contribution in [0.25, 0.3) is 10.8 Å². The molecular weight excluding hydrogens is 274 g/mol. The Morgan fingerprint density at radius 3 is 2.73 bits per heavy atom. The Morgan fingerprint density at radius 1 is 1.23 bits per heavy atom. The topological polar surface area (TPSA) is 38.3 Å². The van der Waals surface area contributed by atoms with E-state index < -0.39 is 0 Å². The molecule has 0 bridgehead atoms. The lowest BCUT2D eigenvalue weighted by atomic mass is 9.81. The standard InChI is InChI=1S/C19H19NO2/c1-12-19(13(2)22-3)17(11-18(21)20-12)16-10-6-8-14-7-4-5-9-15(14)16/h4-10,17H,2,11H2,1,3H3,(H,20,21). The number of methoxy groups -OCH3 is 1. The minimum absolute atomic E-state index is 0.0306. The van der Waals surface area contributed by atoms with Gasteiger partial charge in [-0.3, -0.25) is 4.79 Å². The maximum absolute atomic E-state index is 12.0. The first kappa shape index (κ1) is 14.4. The molecule has 1 unspecified atom stereocenters. The quantitative estimate of drug-likeness (QED) is 0.872. The number of amides is 1. The van der Waals surface area contributed by atoms with Gasteiger partial charge in [0.1, 0.15) is 5.76 Å². The second-order valence-corrected chi connectivity index (χ2v) is 5.54. The maximum Gasteiger partial charge on any atom is 0.225 e. The number of hydrogen-bond acceptors (Lipinski definition) is 2. The molecule has 1 atom stereocenters. The third kappa shape index (κ3) is 2.39. The summed E-state index contributed by atoms with van der Waals surface area (Å²) >= 11 is 0. The number of ether oxygens (including phenoxy) is 1. The molecule has 1 amide bonds. The summed E-state index contributed by atoms with van der Waals surface area (Å²) in [5.74, 6) is 0.603. The smallest absolute Gasteiger partial charge is 0.225 e. The van der Waals surface area contributed by atoms with Crippen molar-refractivity contribution in [3.63, 3.8) is 0 Å². The molecular formula is C19H19NO2. The van der Waals surface area contributed by atoms with Gasteiger partial charge in [-0.25, -0.2) is 0 Å². The highest BCUT2D eigenvalue weighted by Crippen LogP contribution is 2.39. The largest absolute Gasteiger partial charge is 0.497 e. The van der Waals surface area contributed by atoms with Crippen molar-refractivity contribution in [2.24, 2.45) is 0 Å². The average Bonchev–Trinajstić information content (AvgIpc) is 2.53. The highest BCUT2D eigenvalue weighted by Gasteiger charge is 2.30. The summed E-state index contributed by atoms with van der Waals surface area (Å²) in [4.78, 5) is 12.0. The molecule has 1 aliphatic rings. The molecule has 3 heteroatoms. The lowest BCUT2D eigenvalue weighted by molar-refractivity contribution is -0.121. The molecule has 0 radical (unpaired) electrons. The molecule has 2 aromatic rings. The number of benzene rings is 2. The van der Waals surface area contributed by atoms with Crippen molar-refractivity contribution < 1.29 is 9.53 Å². The summed E-state index contributed by atoms with van der Waals surface area (Å²) in [7, 11) is 1.61. The molecule has 0 fully saturated rings. The molecule has 0 spiro atoms. The zero-order chi connectivity index (χ0) is 15.7. The Labute approximate surface area is 130 Å². The number of allylic oxidation sites excluding steroid dienone is 2. The summed E-state index contributed by atoms with van der Waals surface area (Å²) < 4.78 is 5.36. The fraction of sp³-hybridized carbons (Fsp3) is 0.211. The molecule has 1 heterocycles. The van der Waals surface area contributed by atoms with Gasteiger partial charge in [0.15, 0.2) is 0 Å². The van der Waals surface area contributed by atoms with Crippen LogP contribution in [0.15, 0.2) is 66.1 Å². The minimum Gasteiger partial charge on any atom is -0.497 e. The van der Waals surface area contributed by atoms with Crippen molar-refractivity contribution in [3.8, 4) is 0 Å². The predicted octanol–water partition coefficient (Wildman–Crippen LogP) is 3.88. The number of carbonyl (C=O) groups is 1. The van der Waals surface area contributed by atoms with Crippen LogP contribution in [0.5, 0.6) is 0 Å². The summed E-state index contributed by atoms with van der Waals surface area (Å²) in [6.07, 6.45) is 0.406. The predicted molar refractivity (Wildman–Crippen MR) is 88.3 cm³/mol. The van der Waals surface area contributed by atoms with Crippen molar-refractivity contribution in [2.45, 2.75) is 19.3 Å². The summed E-state index contributed by atoms with van der Waals surface area (Å²) in [5.41, 5.74) is 2.93. The lowest BCUT2D eigenvalue weighted by Gasteiger charge is -2.29. The van der Waals surface area contributed by atoms with E-state index in [1.165, 1.54) is 10.8 Å². The summed E-state index contributed by atoms with van der Waals surface area (Å²) in [6, 6.07) is 14.4. The SMILES string of the molecule is C=C(OC)C1=C(C)NC(=O)CC1c1cccc2ccccc12. The molecule has 0 saturated carbocycles. The van der Waals surface area contributed by atoms with E-state index in [1.54, 1.807) is 7.11 Å². The number of rotatable bonds is 3. The van der Waals surface area contributed by atoms with Gasteiger partial charge in [0.25, 0.3) is 0 Å². The van der Waals surface area contributed by atoms with E-state index in [9.17, 15) is 4.79 Å². The summed E-state index contributed by atoms with van der Waals surface area (Å²) in [6.45, 7) is 5.89. The van der Waals surface area contributed by atoms with Crippen LogP contribution in [0.3, 0.4) is 0 Å². The van der Waals surface area contributed by atoms with Crippen LogP contribution in [-0.4, -0.2) is 13.0 Å². The first-order chi connectivity index (χ1) is 10.6. The molecule has 0 aromatic heterocycles.